The molecule has 0 saturated carbocycles. The number of nitrogens with two attached hydrogens (primary N) is 1. The molecule has 0 aliphatic carbocycles. The van der Waals surface area contributed by atoms with Crippen molar-refractivity contribution in [2.24, 2.45) is 5.73 Å². The predicted octanol–water partition coefficient (Wildman–Crippen LogP) is 6.41. The first kappa shape index (κ1) is 26.9. The molecule has 0 radical (unpaired) electrons. The third-order valence-electron chi connectivity index (χ3n) is 5.53. The van der Waals surface area contributed by atoms with Crippen LogP contribution in [-0.2, 0) is 9.59 Å². The Hall–Kier alpha value is -1.06. The molecule has 3 N–H and O–H groups in total. The average molecular weight is 397 g/mol. The fraction of sp³-hybridized carbons (Fsp3) is 0.917. The Labute approximate surface area is 174 Å². The van der Waals surface area contributed by atoms with Crippen molar-refractivity contribution >= 4 is 11.8 Å². The molecular weight excluding hydrogens is 348 g/mol. The zero-order chi connectivity index (χ0) is 20.9. The number of primary amides is 1. The molecule has 4 nitrogen and oxygen atoms in total. The van der Waals surface area contributed by atoms with E-state index in [1.165, 1.54) is 83.5 Å². The minimum Gasteiger partial charge on any atom is -0.368 e. The highest BCUT2D eigenvalue weighted by Gasteiger charge is 2.17. The average Bonchev–Trinajstić information content (AvgIpc) is 2.67. The van der Waals surface area contributed by atoms with Gasteiger partial charge < -0.3 is 11.1 Å². The van der Waals surface area contributed by atoms with Crippen molar-refractivity contribution in [3.63, 3.8) is 0 Å². The molecule has 0 saturated heterocycles. The summed E-state index contributed by atoms with van der Waals surface area (Å²) in [6.45, 7) is 4.47. The molecule has 1 unspecified atom stereocenters. The number of carbonyl (C=O) groups is 2. The van der Waals surface area contributed by atoms with Crippen LogP contribution in [0.4, 0.5) is 0 Å². The van der Waals surface area contributed by atoms with E-state index < -0.39 is 11.9 Å². The Bertz CT molecular complexity index is 372. The highest BCUT2D eigenvalue weighted by atomic mass is 16.2. The van der Waals surface area contributed by atoms with E-state index in [1.807, 2.05) is 0 Å². The van der Waals surface area contributed by atoms with Gasteiger partial charge in [-0.05, 0) is 12.8 Å². The van der Waals surface area contributed by atoms with Gasteiger partial charge in [0.2, 0.25) is 11.8 Å². The van der Waals surface area contributed by atoms with E-state index in [1.54, 1.807) is 0 Å². The van der Waals surface area contributed by atoms with Crippen molar-refractivity contribution in [2.75, 3.05) is 0 Å². The fourth-order valence-electron chi connectivity index (χ4n) is 3.63. The van der Waals surface area contributed by atoms with Gasteiger partial charge in [-0.25, -0.2) is 0 Å². The molecular formula is C24H48N2O2. The minimum absolute atomic E-state index is 0.0219. The molecule has 0 aromatic heterocycles. The van der Waals surface area contributed by atoms with Crippen molar-refractivity contribution in [3.8, 4) is 0 Å². The molecule has 1 atom stereocenters. The van der Waals surface area contributed by atoms with Gasteiger partial charge in [-0.2, -0.15) is 0 Å². The maximum absolute atomic E-state index is 12.1. The lowest BCUT2D eigenvalue weighted by atomic mass is 10.0. The van der Waals surface area contributed by atoms with Gasteiger partial charge >= 0.3 is 0 Å². The molecule has 0 heterocycles. The van der Waals surface area contributed by atoms with Crippen LogP contribution in [0.5, 0.6) is 0 Å². The summed E-state index contributed by atoms with van der Waals surface area (Å²) in [5.74, 6) is -0.422. The number of rotatable bonds is 21. The van der Waals surface area contributed by atoms with E-state index in [0.717, 1.165) is 25.7 Å². The Morgan fingerprint density at radius 1 is 0.643 bits per heavy atom. The highest BCUT2D eigenvalue weighted by Crippen LogP contribution is 2.12. The summed E-state index contributed by atoms with van der Waals surface area (Å²) in [4.78, 5) is 23.7. The SMILES string of the molecule is CCCCCCCCCCCC(=O)NC(CCCCCCCCCC)C(N)=O. The molecule has 2 amide bonds. The lowest BCUT2D eigenvalue weighted by Gasteiger charge is -2.15. The Morgan fingerprint density at radius 3 is 1.46 bits per heavy atom. The zero-order valence-corrected chi connectivity index (χ0v) is 18.9. The topological polar surface area (TPSA) is 72.2 Å². The van der Waals surface area contributed by atoms with Gasteiger partial charge in [0.05, 0.1) is 0 Å². The lowest BCUT2D eigenvalue weighted by molar-refractivity contribution is -0.127. The van der Waals surface area contributed by atoms with Gasteiger partial charge in [-0.15, -0.1) is 0 Å². The Morgan fingerprint density at radius 2 is 1.04 bits per heavy atom. The highest BCUT2D eigenvalue weighted by molar-refractivity contribution is 5.86. The second-order valence-corrected chi connectivity index (χ2v) is 8.36. The second kappa shape index (κ2) is 20.7. The predicted molar refractivity (Wildman–Crippen MR) is 120 cm³/mol. The molecule has 0 rings (SSSR count). The number of unbranched alkanes of at least 4 members (excludes halogenated alkanes) is 15. The maximum Gasteiger partial charge on any atom is 0.239 e. The van der Waals surface area contributed by atoms with Crippen LogP contribution in [0.25, 0.3) is 0 Å². The molecule has 0 aromatic rings. The van der Waals surface area contributed by atoms with Crippen LogP contribution in [0.2, 0.25) is 0 Å². The molecule has 166 valence electrons. The number of amides is 2. The van der Waals surface area contributed by atoms with Gasteiger partial charge in [-0.1, -0.05) is 117 Å². The molecule has 4 heteroatoms. The first-order valence-corrected chi connectivity index (χ1v) is 12.2. The normalized spacial score (nSPS) is 12.1. The van der Waals surface area contributed by atoms with Crippen LogP contribution >= 0.6 is 0 Å². The van der Waals surface area contributed by atoms with E-state index in [0.29, 0.717) is 12.8 Å². The third-order valence-corrected chi connectivity index (χ3v) is 5.53. The van der Waals surface area contributed by atoms with Gasteiger partial charge in [-0.3, -0.25) is 9.59 Å². The number of carbonyl (C=O) groups excluding carboxylic acids is 2. The van der Waals surface area contributed by atoms with Crippen LogP contribution in [0.3, 0.4) is 0 Å². The van der Waals surface area contributed by atoms with E-state index in [2.05, 4.69) is 19.2 Å². The van der Waals surface area contributed by atoms with Crippen molar-refractivity contribution < 1.29 is 9.59 Å². The zero-order valence-electron chi connectivity index (χ0n) is 18.9. The van der Waals surface area contributed by atoms with E-state index in [4.69, 9.17) is 5.73 Å². The largest absolute Gasteiger partial charge is 0.368 e. The summed E-state index contributed by atoms with van der Waals surface area (Å²) in [5, 5.41) is 2.85. The van der Waals surface area contributed by atoms with Gasteiger partial charge in [0, 0.05) is 6.42 Å². The van der Waals surface area contributed by atoms with Crippen LogP contribution in [0.1, 0.15) is 136 Å². The third kappa shape index (κ3) is 18.3. The number of nitrogens with one attached hydrogen (secondary N) is 1. The summed E-state index contributed by atoms with van der Waals surface area (Å²) in [5.41, 5.74) is 5.47. The van der Waals surface area contributed by atoms with Crippen molar-refractivity contribution in [2.45, 2.75) is 142 Å². The Balaban J connectivity index is 3.66. The van der Waals surface area contributed by atoms with Crippen molar-refractivity contribution in [1.29, 1.82) is 0 Å². The molecule has 0 aromatic carbocycles. The molecule has 0 fully saturated rings. The summed E-state index contributed by atoms with van der Waals surface area (Å²) < 4.78 is 0. The van der Waals surface area contributed by atoms with Crippen LogP contribution < -0.4 is 11.1 Å². The lowest BCUT2D eigenvalue weighted by Crippen LogP contribution is -2.44. The minimum atomic E-state index is -0.494. The first-order valence-electron chi connectivity index (χ1n) is 12.2. The van der Waals surface area contributed by atoms with Crippen LogP contribution in [0.15, 0.2) is 0 Å². The summed E-state index contributed by atoms with van der Waals surface area (Å²) in [6.07, 6.45) is 22.1. The fourth-order valence-corrected chi connectivity index (χ4v) is 3.63. The molecule has 0 aliphatic rings. The maximum atomic E-state index is 12.1. The molecule has 0 bridgehead atoms. The van der Waals surface area contributed by atoms with Crippen molar-refractivity contribution in [1.82, 2.24) is 5.32 Å². The van der Waals surface area contributed by atoms with Crippen LogP contribution in [0, 0.1) is 0 Å². The monoisotopic (exact) mass is 396 g/mol. The molecule has 28 heavy (non-hydrogen) atoms. The van der Waals surface area contributed by atoms with Crippen molar-refractivity contribution in [3.05, 3.63) is 0 Å². The van der Waals surface area contributed by atoms with Gasteiger partial charge in [0.15, 0.2) is 0 Å². The van der Waals surface area contributed by atoms with Gasteiger partial charge in [0.1, 0.15) is 6.04 Å². The summed E-state index contributed by atoms with van der Waals surface area (Å²) in [6, 6.07) is -0.494. The van der Waals surface area contributed by atoms with E-state index in [9.17, 15) is 9.59 Å². The quantitative estimate of drug-likeness (QED) is 0.220. The summed E-state index contributed by atoms with van der Waals surface area (Å²) >= 11 is 0. The van der Waals surface area contributed by atoms with Crippen LogP contribution in [-0.4, -0.2) is 17.9 Å². The van der Waals surface area contributed by atoms with E-state index in [-0.39, 0.29) is 5.91 Å². The smallest absolute Gasteiger partial charge is 0.239 e. The Kier molecular flexibility index (Phi) is 19.9. The number of hydrogen-bond acceptors (Lipinski definition) is 2. The molecule has 0 aliphatic heterocycles. The molecule has 0 spiro atoms. The standard InChI is InChI=1S/C24H48N2O2/c1-3-5-7-9-11-13-15-17-19-21-23(27)26-22(24(25)28)20-18-16-14-12-10-8-6-4-2/h22H,3-21H2,1-2H3,(H2,25,28)(H,26,27). The second-order valence-electron chi connectivity index (χ2n) is 8.36. The number of hydrogen-bond donors (Lipinski definition) is 2. The van der Waals surface area contributed by atoms with E-state index >= 15 is 0 Å². The summed E-state index contributed by atoms with van der Waals surface area (Å²) in [7, 11) is 0. The van der Waals surface area contributed by atoms with Gasteiger partial charge in [0.25, 0.3) is 0 Å². The first-order chi connectivity index (χ1) is 13.6.